The van der Waals surface area contributed by atoms with E-state index in [1.807, 2.05) is 7.05 Å². The van der Waals surface area contributed by atoms with Gasteiger partial charge < -0.3 is 10.3 Å². The van der Waals surface area contributed by atoms with Crippen molar-refractivity contribution in [3.8, 4) is 11.3 Å². The largest absolute Gasteiger partial charge is 0.330 e. The highest BCUT2D eigenvalue weighted by Gasteiger charge is 2.16. The van der Waals surface area contributed by atoms with Gasteiger partial charge in [0.05, 0.1) is 5.69 Å². The smallest absolute Gasteiger partial charge is 0.132 e. The summed E-state index contributed by atoms with van der Waals surface area (Å²) < 4.78 is 3.00. The van der Waals surface area contributed by atoms with Gasteiger partial charge in [-0.3, -0.25) is 0 Å². The summed E-state index contributed by atoms with van der Waals surface area (Å²) in [4.78, 5) is 4.55. The molecule has 108 valence electrons. The summed E-state index contributed by atoms with van der Waals surface area (Å²) >= 11 is 3.56. The first-order chi connectivity index (χ1) is 9.34. The first-order valence-corrected chi connectivity index (χ1v) is 7.66. The second-order valence-corrected chi connectivity index (χ2v) is 6.84. The lowest BCUT2D eigenvalue weighted by Crippen LogP contribution is -2.10. The Balaban J connectivity index is 2.42. The normalized spacial score (nSPS) is 11.9. The van der Waals surface area contributed by atoms with Crippen molar-refractivity contribution in [2.75, 3.05) is 6.54 Å². The van der Waals surface area contributed by atoms with Crippen LogP contribution in [0.5, 0.6) is 0 Å². The Morgan fingerprint density at radius 3 is 2.30 bits per heavy atom. The molecule has 4 heteroatoms. The van der Waals surface area contributed by atoms with E-state index in [9.17, 15) is 0 Å². The molecule has 0 amide bonds. The molecular formula is C16H22BrN3. The minimum atomic E-state index is 0.174. The summed E-state index contributed by atoms with van der Waals surface area (Å²) in [5.74, 6) is 1.01. The Hall–Kier alpha value is -1.13. The lowest BCUT2D eigenvalue weighted by molar-refractivity contribution is 0.590. The van der Waals surface area contributed by atoms with Crippen LogP contribution in [-0.4, -0.2) is 16.1 Å². The molecule has 0 atom stereocenters. The molecule has 2 N–H and O–H groups in total. The molecule has 3 nitrogen and oxygen atoms in total. The highest BCUT2D eigenvalue weighted by Crippen LogP contribution is 2.30. The summed E-state index contributed by atoms with van der Waals surface area (Å²) in [7, 11) is 2.04. The third-order valence-electron chi connectivity index (χ3n) is 3.54. The van der Waals surface area contributed by atoms with E-state index in [4.69, 9.17) is 5.73 Å². The second kappa shape index (κ2) is 5.70. The number of benzene rings is 1. The van der Waals surface area contributed by atoms with Crippen LogP contribution >= 0.6 is 15.9 Å². The van der Waals surface area contributed by atoms with Gasteiger partial charge in [0.1, 0.15) is 10.4 Å². The highest BCUT2D eigenvalue weighted by molar-refractivity contribution is 9.10. The monoisotopic (exact) mass is 335 g/mol. The summed E-state index contributed by atoms with van der Waals surface area (Å²) in [5.41, 5.74) is 9.41. The van der Waals surface area contributed by atoms with Crippen LogP contribution in [0.25, 0.3) is 11.3 Å². The van der Waals surface area contributed by atoms with Crippen molar-refractivity contribution in [1.29, 1.82) is 0 Å². The molecule has 0 aliphatic rings. The van der Waals surface area contributed by atoms with Crippen molar-refractivity contribution in [3.63, 3.8) is 0 Å². The SMILES string of the molecule is Cn1c(CCN)nc(Br)c1-c1ccc(C(C)(C)C)cc1. The van der Waals surface area contributed by atoms with Crippen molar-refractivity contribution in [2.24, 2.45) is 12.8 Å². The van der Waals surface area contributed by atoms with E-state index in [0.717, 1.165) is 22.5 Å². The fourth-order valence-electron chi connectivity index (χ4n) is 2.30. The number of hydrogen-bond acceptors (Lipinski definition) is 2. The first kappa shape index (κ1) is 15.3. The average molecular weight is 336 g/mol. The maximum Gasteiger partial charge on any atom is 0.132 e. The zero-order chi connectivity index (χ0) is 14.9. The second-order valence-electron chi connectivity index (χ2n) is 6.09. The van der Waals surface area contributed by atoms with Crippen molar-refractivity contribution in [1.82, 2.24) is 9.55 Å². The molecule has 2 aromatic rings. The maximum atomic E-state index is 5.63. The van der Waals surface area contributed by atoms with Crippen molar-refractivity contribution in [2.45, 2.75) is 32.6 Å². The van der Waals surface area contributed by atoms with Gasteiger partial charge in [0.25, 0.3) is 0 Å². The van der Waals surface area contributed by atoms with E-state index in [1.165, 1.54) is 11.1 Å². The van der Waals surface area contributed by atoms with Gasteiger partial charge in [0.2, 0.25) is 0 Å². The number of imidazole rings is 1. The summed E-state index contributed by atoms with van der Waals surface area (Å²) in [5, 5.41) is 0. The third-order valence-corrected chi connectivity index (χ3v) is 4.09. The van der Waals surface area contributed by atoms with E-state index in [-0.39, 0.29) is 5.41 Å². The molecule has 0 bridgehead atoms. The Morgan fingerprint density at radius 1 is 1.20 bits per heavy atom. The van der Waals surface area contributed by atoms with Gasteiger partial charge >= 0.3 is 0 Å². The summed E-state index contributed by atoms with van der Waals surface area (Å²) in [6, 6.07) is 8.71. The van der Waals surface area contributed by atoms with E-state index >= 15 is 0 Å². The molecule has 20 heavy (non-hydrogen) atoms. The van der Waals surface area contributed by atoms with Crippen LogP contribution < -0.4 is 5.73 Å². The minimum absolute atomic E-state index is 0.174. The molecule has 0 fully saturated rings. The van der Waals surface area contributed by atoms with Gasteiger partial charge in [0.15, 0.2) is 0 Å². The molecule has 1 heterocycles. The van der Waals surface area contributed by atoms with Crippen LogP contribution in [0.15, 0.2) is 28.9 Å². The van der Waals surface area contributed by atoms with Crippen LogP contribution in [0, 0.1) is 0 Å². The van der Waals surface area contributed by atoms with Crippen LogP contribution in [0.3, 0.4) is 0 Å². The van der Waals surface area contributed by atoms with E-state index in [1.54, 1.807) is 0 Å². The molecule has 0 aliphatic carbocycles. The van der Waals surface area contributed by atoms with Gasteiger partial charge in [-0.25, -0.2) is 4.98 Å². The first-order valence-electron chi connectivity index (χ1n) is 6.86. The van der Waals surface area contributed by atoms with Crippen LogP contribution in [0.2, 0.25) is 0 Å². The van der Waals surface area contributed by atoms with E-state index in [0.29, 0.717) is 6.54 Å². The molecule has 1 aromatic carbocycles. The fourth-order valence-corrected chi connectivity index (χ4v) is 3.00. The minimum Gasteiger partial charge on any atom is -0.330 e. The Labute approximate surface area is 129 Å². The van der Waals surface area contributed by atoms with Crippen LogP contribution in [-0.2, 0) is 18.9 Å². The zero-order valence-corrected chi connectivity index (χ0v) is 14.2. The Kier molecular flexibility index (Phi) is 4.35. The predicted molar refractivity (Wildman–Crippen MR) is 87.8 cm³/mol. The molecule has 0 spiro atoms. The molecule has 0 aliphatic heterocycles. The average Bonchev–Trinajstić information content (AvgIpc) is 2.64. The molecule has 1 aromatic heterocycles. The lowest BCUT2D eigenvalue weighted by atomic mass is 9.86. The standard InChI is InChI=1S/C16H22BrN3/c1-16(2,3)12-7-5-11(6-8-12)14-15(17)19-13(9-10-18)20(14)4/h5-8H,9-10,18H2,1-4H3. The van der Waals surface area contributed by atoms with Gasteiger partial charge in [-0.15, -0.1) is 0 Å². The number of hydrogen-bond donors (Lipinski definition) is 1. The van der Waals surface area contributed by atoms with Crippen molar-refractivity contribution < 1.29 is 0 Å². The summed E-state index contributed by atoms with van der Waals surface area (Å²) in [6.07, 6.45) is 0.787. The molecular weight excluding hydrogens is 314 g/mol. The van der Waals surface area contributed by atoms with Crippen LogP contribution in [0.1, 0.15) is 32.2 Å². The lowest BCUT2D eigenvalue weighted by Gasteiger charge is -2.19. The fraction of sp³-hybridized carbons (Fsp3) is 0.438. The van der Waals surface area contributed by atoms with Crippen LogP contribution in [0.4, 0.5) is 0 Å². The topological polar surface area (TPSA) is 43.8 Å². The van der Waals surface area contributed by atoms with E-state index < -0.39 is 0 Å². The van der Waals surface area contributed by atoms with Crippen molar-refractivity contribution in [3.05, 3.63) is 40.3 Å². The number of nitrogens with two attached hydrogens (primary N) is 1. The molecule has 0 saturated heterocycles. The van der Waals surface area contributed by atoms with Gasteiger partial charge in [-0.1, -0.05) is 45.0 Å². The third kappa shape index (κ3) is 2.96. The summed E-state index contributed by atoms with van der Waals surface area (Å²) in [6.45, 7) is 7.28. The predicted octanol–water partition coefficient (Wildman–Crippen LogP) is 3.65. The molecule has 0 saturated carbocycles. The molecule has 0 radical (unpaired) electrons. The number of aromatic nitrogens is 2. The highest BCUT2D eigenvalue weighted by atomic mass is 79.9. The number of rotatable bonds is 3. The zero-order valence-electron chi connectivity index (χ0n) is 12.6. The molecule has 0 unspecified atom stereocenters. The quantitative estimate of drug-likeness (QED) is 0.930. The van der Waals surface area contributed by atoms with Gasteiger partial charge in [-0.2, -0.15) is 0 Å². The van der Waals surface area contributed by atoms with E-state index in [2.05, 4.69) is 70.5 Å². The van der Waals surface area contributed by atoms with Crippen molar-refractivity contribution >= 4 is 15.9 Å². The Bertz CT molecular complexity index is 591. The van der Waals surface area contributed by atoms with Gasteiger partial charge in [0, 0.05) is 19.0 Å². The molecule has 2 rings (SSSR count). The maximum absolute atomic E-state index is 5.63. The Morgan fingerprint density at radius 2 is 1.80 bits per heavy atom. The number of nitrogens with zero attached hydrogens (tertiary/aromatic N) is 2. The number of halogens is 1. The van der Waals surface area contributed by atoms with Gasteiger partial charge in [-0.05, 0) is 33.5 Å².